The Morgan fingerprint density at radius 2 is 1.84 bits per heavy atom. The van der Waals surface area contributed by atoms with Gasteiger partial charge in [-0.15, -0.1) is 11.3 Å². The van der Waals surface area contributed by atoms with Gasteiger partial charge in [0, 0.05) is 23.4 Å². The van der Waals surface area contributed by atoms with Crippen LogP contribution in [-0.4, -0.2) is 28.8 Å². The summed E-state index contributed by atoms with van der Waals surface area (Å²) in [7, 11) is 0. The van der Waals surface area contributed by atoms with Gasteiger partial charge in [-0.2, -0.15) is 0 Å². The fourth-order valence-corrected chi connectivity index (χ4v) is 5.62. The molecule has 0 unspecified atom stereocenters. The van der Waals surface area contributed by atoms with Crippen LogP contribution in [0.3, 0.4) is 0 Å². The van der Waals surface area contributed by atoms with Crippen LogP contribution >= 0.6 is 11.3 Å². The molecule has 5 nitrogen and oxygen atoms in total. The van der Waals surface area contributed by atoms with Crippen LogP contribution in [0.4, 0.5) is 0 Å². The summed E-state index contributed by atoms with van der Waals surface area (Å²) in [4.78, 5) is 28.9. The third-order valence-corrected chi connectivity index (χ3v) is 7.11. The molecular weight excluding hydrogens is 406 g/mol. The molecule has 2 amide bonds. The van der Waals surface area contributed by atoms with E-state index in [0.29, 0.717) is 12.3 Å². The van der Waals surface area contributed by atoms with E-state index in [9.17, 15) is 9.59 Å². The third kappa shape index (κ3) is 4.75. The van der Waals surface area contributed by atoms with E-state index in [1.807, 2.05) is 40.6 Å². The van der Waals surface area contributed by atoms with E-state index in [4.69, 9.17) is 5.73 Å². The van der Waals surface area contributed by atoms with Crippen molar-refractivity contribution in [1.29, 1.82) is 0 Å². The second kappa shape index (κ2) is 9.37. The van der Waals surface area contributed by atoms with Gasteiger partial charge in [0.15, 0.2) is 0 Å². The molecule has 4 atom stereocenters. The van der Waals surface area contributed by atoms with Crippen molar-refractivity contribution in [2.75, 3.05) is 0 Å². The zero-order chi connectivity index (χ0) is 22.0. The van der Waals surface area contributed by atoms with Crippen molar-refractivity contribution in [3.05, 3.63) is 69.9 Å². The van der Waals surface area contributed by atoms with Crippen LogP contribution in [0.2, 0.25) is 0 Å². The number of rotatable bonds is 8. The predicted octanol–water partition coefficient (Wildman–Crippen LogP) is 4.12. The van der Waals surface area contributed by atoms with Gasteiger partial charge in [-0.05, 0) is 47.8 Å². The standard InChI is InChI=1S/C25H31N3O2S/c1-16(2)14-17(27-25(30)21(26)15-18-6-5-13-31-18)9-12-24(29)28-22-10-11-23(28)20-8-4-3-7-19(20)22/h3-9,12-13,16-17,21-23H,10-11,14-15,26H2,1-2H3,(H,27,30)/b12-9+/t17-,21+,22-,23+/m1/s1. The Kier molecular flexibility index (Phi) is 6.58. The lowest BCUT2D eigenvalue weighted by atomic mass is 9.92. The van der Waals surface area contributed by atoms with E-state index in [1.165, 1.54) is 11.1 Å². The van der Waals surface area contributed by atoms with Crippen molar-refractivity contribution in [1.82, 2.24) is 10.2 Å². The molecule has 4 rings (SSSR count). The number of carbonyl (C=O) groups is 2. The summed E-state index contributed by atoms with van der Waals surface area (Å²) in [5, 5.41) is 5.03. The lowest BCUT2D eigenvalue weighted by molar-refractivity contribution is -0.128. The number of hydrogen-bond acceptors (Lipinski definition) is 4. The number of nitrogens with zero attached hydrogens (tertiary/aromatic N) is 1. The molecule has 31 heavy (non-hydrogen) atoms. The Morgan fingerprint density at radius 1 is 1.16 bits per heavy atom. The molecule has 2 aliphatic rings. The third-order valence-electron chi connectivity index (χ3n) is 6.22. The molecule has 2 bridgehead atoms. The van der Waals surface area contributed by atoms with Crippen molar-refractivity contribution >= 4 is 23.2 Å². The monoisotopic (exact) mass is 437 g/mol. The molecule has 0 aliphatic carbocycles. The Labute approximate surface area is 188 Å². The summed E-state index contributed by atoms with van der Waals surface area (Å²) < 4.78 is 0. The van der Waals surface area contributed by atoms with Gasteiger partial charge in [-0.1, -0.05) is 50.3 Å². The van der Waals surface area contributed by atoms with Crippen LogP contribution in [0, 0.1) is 5.92 Å². The number of thiophene rings is 1. The minimum Gasteiger partial charge on any atom is -0.349 e. The highest BCUT2D eigenvalue weighted by molar-refractivity contribution is 7.09. The maximum absolute atomic E-state index is 13.1. The molecule has 1 aromatic heterocycles. The van der Waals surface area contributed by atoms with E-state index in [2.05, 4.69) is 31.3 Å². The smallest absolute Gasteiger partial charge is 0.247 e. The first kappa shape index (κ1) is 21.8. The van der Waals surface area contributed by atoms with E-state index >= 15 is 0 Å². The summed E-state index contributed by atoms with van der Waals surface area (Å²) in [6, 6.07) is 11.9. The largest absolute Gasteiger partial charge is 0.349 e. The summed E-state index contributed by atoms with van der Waals surface area (Å²) in [5.74, 6) is 0.227. The molecule has 0 saturated carbocycles. The van der Waals surface area contributed by atoms with Crippen LogP contribution in [-0.2, 0) is 16.0 Å². The number of amides is 2. The SMILES string of the molecule is CC(C)C[C@@H](/C=C/C(=O)N1[C@@H]2CC[C@H]1c1ccccc12)NC(=O)[C@@H](N)Cc1cccs1. The van der Waals surface area contributed by atoms with Crippen molar-refractivity contribution in [2.24, 2.45) is 11.7 Å². The molecule has 3 N–H and O–H groups in total. The van der Waals surface area contributed by atoms with E-state index < -0.39 is 6.04 Å². The summed E-state index contributed by atoms with van der Waals surface area (Å²) in [6.45, 7) is 4.22. The fraction of sp³-hybridized carbons (Fsp3) is 0.440. The van der Waals surface area contributed by atoms with Crippen LogP contribution in [0.15, 0.2) is 53.9 Å². The van der Waals surface area contributed by atoms with Gasteiger partial charge in [0.1, 0.15) is 0 Å². The van der Waals surface area contributed by atoms with E-state index in [0.717, 1.165) is 24.1 Å². The maximum Gasteiger partial charge on any atom is 0.247 e. The Morgan fingerprint density at radius 3 is 2.42 bits per heavy atom. The average Bonchev–Trinajstić information content (AvgIpc) is 3.47. The van der Waals surface area contributed by atoms with Gasteiger partial charge in [0.05, 0.1) is 18.1 Å². The van der Waals surface area contributed by atoms with Gasteiger partial charge < -0.3 is 16.0 Å². The first-order valence-electron chi connectivity index (χ1n) is 11.1. The molecule has 0 radical (unpaired) electrons. The lowest BCUT2D eigenvalue weighted by Crippen LogP contribution is -2.46. The molecule has 1 saturated heterocycles. The zero-order valence-electron chi connectivity index (χ0n) is 18.2. The Hall–Kier alpha value is -2.44. The topological polar surface area (TPSA) is 75.4 Å². The highest BCUT2D eigenvalue weighted by Gasteiger charge is 2.45. The number of hydrogen-bond donors (Lipinski definition) is 2. The van der Waals surface area contributed by atoms with Gasteiger partial charge in [-0.25, -0.2) is 0 Å². The molecule has 2 aliphatic heterocycles. The average molecular weight is 438 g/mol. The molecule has 1 fully saturated rings. The van der Waals surface area contributed by atoms with Crippen LogP contribution in [0.5, 0.6) is 0 Å². The predicted molar refractivity (Wildman–Crippen MR) is 125 cm³/mol. The van der Waals surface area contributed by atoms with Crippen LogP contribution in [0.1, 0.15) is 61.2 Å². The summed E-state index contributed by atoms with van der Waals surface area (Å²) in [5.41, 5.74) is 8.70. The molecule has 3 heterocycles. The Balaban J connectivity index is 1.41. The maximum atomic E-state index is 13.1. The first-order valence-corrected chi connectivity index (χ1v) is 12.0. The second-order valence-corrected chi connectivity index (χ2v) is 10.0. The number of carbonyl (C=O) groups excluding carboxylic acids is 2. The zero-order valence-corrected chi connectivity index (χ0v) is 19.0. The number of benzene rings is 1. The quantitative estimate of drug-likeness (QED) is 0.610. The molecule has 0 spiro atoms. The highest BCUT2D eigenvalue weighted by Crippen LogP contribution is 2.52. The van der Waals surface area contributed by atoms with E-state index in [1.54, 1.807) is 17.4 Å². The molecule has 2 aromatic rings. The highest BCUT2D eigenvalue weighted by atomic mass is 32.1. The molecular formula is C25H31N3O2S. The van der Waals surface area contributed by atoms with Gasteiger partial charge in [0.2, 0.25) is 11.8 Å². The van der Waals surface area contributed by atoms with Crippen molar-refractivity contribution in [2.45, 2.75) is 63.7 Å². The molecule has 6 heteroatoms. The van der Waals surface area contributed by atoms with Crippen LogP contribution < -0.4 is 11.1 Å². The number of fused-ring (bicyclic) bond motifs is 5. The lowest BCUT2D eigenvalue weighted by Gasteiger charge is -2.22. The van der Waals surface area contributed by atoms with Crippen LogP contribution in [0.25, 0.3) is 0 Å². The van der Waals surface area contributed by atoms with Crippen molar-refractivity contribution < 1.29 is 9.59 Å². The summed E-state index contributed by atoms with van der Waals surface area (Å²) in [6.07, 6.45) is 6.82. The van der Waals surface area contributed by atoms with Crippen molar-refractivity contribution in [3.63, 3.8) is 0 Å². The van der Waals surface area contributed by atoms with Gasteiger partial charge in [0.25, 0.3) is 0 Å². The second-order valence-electron chi connectivity index (χ2n) is 8.98. The number of nitrogens with one attached hydrogen (secondary N) is 1. The summed E-state index contributed by atoms with van der Waals surface area (Å²) >= 11 is 1.60. The Bertz CT molecular complexity index is 922. The number of nitrogens with two attached hydrogens (primary N) is 1. The van der Waals surface area contributed by atoms with Gasteiger partial charge >= 0.3 is 0 Å². The van der Waals surface area contributed by atoms with Crippen molar-refractivity contribution in [3.8, 4) is 0 Å². The minimum atomic E-state index is -0.596. The van der Waals surface area contributed by atoms with E-state index in [-0.39, 0.29) is 29.9 Å². The van der Waals surface area contributed by atoms with Gasteiger partial charge in [-0.3, -0.25) is 9.59 Å². The molecule has 164 valence electrons. The molecule has 1 aromatic carbocycles. The minimum absolute atomic E-state index is 0.0228. The first-order chi connectivity index (χ1) is 14.9. The fourth-order valence-electron chi connectivity index (χ4n) is 4.85. The normalized spacial score (nSPS) is 21.5.